The number of benzene rings is 2. The Kier molecular flexibility index (Phi) is 5.24. The lowest BCUT2D eigenvalue weighted by Crippen LogP contribution is -2.48. The minimum Gasteiger partial charge on any atom is -0.274 e. The van der Waals surface area contributed by atoms with Crippen molar-refractivity contribution in [2.45, 2.75) is 24.3 Å². The van der Waals surface area contributed by atoms with Crippen LogP contribution in [0.1, 0.15) is 12.0 Å². The first-order chi connectivity index (χ1) is 12.3. The fourth-order valence-corrected chi connectivity index (χ4v) is 3.71. The molecule has 2 amide bonds. The summed E-state index contributed by atoms with van der Waals surface area (Å²) in [5.41, 5.74) is 3.84. The lowest BCUT2D eigenvalue weighted by molar-refractivity contribution is -0.121. The molecule has 2 aromatic carbocycles. The van der Waals surface area contributed by atoms with Crippen LogP contribution in [0.25, 0.3) is 0 Å². The molecule has 0 aliphatic carbocycles. The molecule has 0 radical (unpaired) electrons. The molecule has 3 rings (SSSR count). The topological polar surface area (TPSA) is 95.6 Å². The van der Waals surface area contributed by atoms with Crippen molar-refractivity contribution in [1.82, 2.24) is 10.3 Å². The van der Waals surface area contributed by atoms with Gasteiger partial charge in [0.1, 0.15) is 6.04 Å². The summed E-state index contributed by atoms with van der Waals surface area (Å²) >= 11 is 3.29. The first-order valence-corrected chi connectivity index (χ1v) is 10.0. The van der Waals surface area contributed by atoms with Crippen molar-refractivity contribution in [3.8, 4) is 0 Å². The van der Waals surface area contributed by atoms with E-state index in [4.69, 9.17) is 0 Å². The van der Waals surface area contributed by atoms with Crippen LogP contribution in [0.3, 0.4) is 0 Å². The predicted molar refractivity (Wildman–Crippen MR) is 99.7 cm³/mol. The Morgan fingerprint density at radius 2 is 1.65 bits per heavy atom. The van der Waals surface area contributed by atoms with Crippen LogP contribution >= 0.6 is 15.9 Å². The normalized spacial score (nSPS) is 17.8. The molecule has 0 saturated carbocycles. The van der Waals surface area contributed by atoms with Crippen LogP contribution in [0.4, 0.5) is 5.69 Å². The van der Waals surface area contributed by atoms with Crippen molar-refractivity contribution in [2.24, 2.45) is 0 Å². The minimum absolute atomic E-state index is 0.0668. The van der Waals surface area contributed by atoms with Gasteiger partial charge in [-0.1, -0.05) is 33.6 Å². The van der Waals surface area contributed by atoms with Crippen molar-refractivity contribution in [2.75, 3.05) is 4.90 Å². The molecule has 0 bridgehead atoms. The summed E-state index contributed by atoms with van der Waals surface area (Å²) in [5, 5.41) is 0. The molecule has 2 aromatic rings. The van der Waals surface area contributed by atoms with Crippen molar-refractivity contribution >= 4 is 43.5 Å². The van der Waals surface area contributed by atoms with Crippen LogP contribution in [-0.2, 0) is 19.6 Å². The van der Waals surface area contributed by atoms with Crippen LogP contribution in [0, 0.1) is 6.92 Å². The van der Waals surface area contributed by atoms with E-state index in [9.17, 15) is 18.0 Å². The Hall–Kier alpha value is -2.07. The summed E-state index contributed by atoms with van der Waals surface area (Å²) in [7, 11) is -3.84. The molecule has 0 aromatic heterocycles. The Morgan fingerprint density at radius 3 is 2.27 bits per heavy atom. The smallest absolute Gasteiger partial charge is 0.253 e. The number of carbonyl (C=O) groups is 2. The summed E-state index contributed by atoms with van der Waals surface area (Å²) in [6, 6.07) is 12.0. The number of nitrogens with one attached hydrogen (secondary N) is 2. The van der Waals surface area contributed by atoms with E-state index in [0.717, 1.165) is 14.9 Å². The van der Waals surface area contributed by atoms with Gasteiger partial charge < -0.3 is 0 Å². The molecule has 7 nitrogen and oxygen atoms in total. The average molecular weight is 438 g/mol. The number of nitrogens with zero attached hydrogens (tertiary/aromatic N) is 1. The van der Waals surface area contributed by atoms with E-state index in [1.54, 1.807) is 36.4 Å². The lowest BCUT2D eigenvalue weighted by atomic mass is 10.2. The van der Waals surface area contributed by atoms with Gasteiger partial charge in [0.25, 0.3) is 15.9 Å². The quantitative estimate of drug-likeness (QED) is 0.549. The summed E-state index contributed by atoms with van der Waals surface area (Å²) in [6.45, 7) is 1.85. The van der Waals surface area contributed by atoms with Gasteiger partial charge in [0.15, 0.2) is 0 Å². The number of anilines is 1. The summed E-state index contributed by atoms with van der Waals surface area (Å²) in [5.74, 6) is -0.909. The van der Waals surface area contributed by atoms with Crippen molar-refractivity contribution < 1.29 is 18.0 Å². The molecule has 1 heterocycles. The monoisotopic (exact) mass is 437 g/mol. The number of sulfonamides is 1. The lowest BCUT2D eigenvalue weighted by Gasteiger charge is -2.16. The number of rotatable bonds is 5. The third-order valence-corrected chi connectivity index (χ3v) is 5.74. The molecular weight excluding hydrogens is 422 g/mol. The van der Waals surface area contributed by atoms with Gasteiger partial charge in [-0.25, -0.2) is 18.7 Å². The predicted octanol–water partition coefficient (Wildman–Crippen LogP) is 1.87. The Balaban J connectivity index is 1.71. The maximum atomic E-state index is 12.5. The number of imide groups is 1. The Morgan fingerprint density at radius 1 is 1.04 bits per heavy atom. The van der Waals surface area contributed by atoms with E-state index in [1.807, 2.05) is 6.92 Å². The van der Waals surface area contributed by atoms with Crippen LogP contribution in [0.2, 0.25) is 0 Å². The third-order valence-electron chi connectivity index (χ3n) is 3.93. The van der Waals surface area contributed by atoms with E-state index < -0.39 is 27.9 Å². The van der Waals surface area contributed by atoms with E-state index >= 15 is 0 Å². The zero-order valence-corrected chi connectivity index (χ0v) is 16.2. The number of hydrogen-bond acceptors (Lipinski definition) is 5. The first-order valence-electron chi connectivity index (χ1n) is 7.74. The molecule has 0 unspecified atom stereocenters. The van der Waals surface area contributed by atoms with Crippen LogP contribution in [0.5, 0.6) is 0 Å². The van der Waals surface area contributed by atoms with Crippen molar-refractivity contribution in [3.63, 3.8) is 0 Å². The molecule has 136 valence electrons. The minimum atomic E-state index is -3.84. The van der Waals surface area contributed by atoms with Gasteiger partial charge in [0, 0.05) is 4.47 Å². The second-order valence-corrected chi connectivity index (χ2v) is 8.46. The molecule has 1 atom stereocenters. The van der Waals surface area contributed by atoms with Gasteiger partial charge in [-0.15, -0.1) is 4.83 Å². The second kappa shape index (κ2) is 7.28. The van der Waals surface area contributed by atoms with Crippen LogP contribution < -0.4 is 15.2 Å². The number of amides is 2. The highest BCUT2D eigenvalue weighted by Gasteiger charge is 2.40. The van der Waals surface area contributed by atoms with Gasteiger partial charge in [0.05, 0.1) is 17.0 Å². The van der Waals surface area contributed by atoms with Gasteiger partial charge in [-0.2, -0.15) is 0 Å². The Labute approximate surface area is 159 Å². The maximum Gasteiger partial charge on any atom is 0.253 e. The first kappa shape index (κ1) is 18.7. The molecule has 9 heteroatoms. The maximum absolute atomic E-state index is 12.5. The number of carbonyl (C=O) groups excluding carboxylic acids is 2. The summed E-state index contributed by atoms with van der Waals surface area (Å²) in [6.07, 6.45) is -0.134. The second-order valence-electron chi connectivity index (χ2n) is 5.86. The van der Waals surface area contributed by atoms with Crippen LogP contribution in [0.15, 0.2) is 57.9 Å². The number of hydrazine groups is 1. The SMILES string of the molecule is Cc1ccc(S(=O)(=O)NN[C@H]2CC(=O)N(c3ccc(Br)cc3)C2=O)cc1. The summed E-state index contributed by atoms with van der Waals surface area (Å²) in [4.78, 5) is 28.0. The fourth-order valence-electron chi connectivity index (χ4n) is 2.53. The molecular formula is C17H16BrN3O4S. The molecule has 1 fully saturated rings. The standard InChI is InChI=1S/C17H16BrN3O4S/c1-11-2-8-14(9-3-11)26(24,25)20-19-15-10-16(22)21(17(15)23)13-6-4-12(18)5-7-13/h2-9,15,19-20H,10H2,1H3/t15-/m0/s1. The Bertz CT molecular complexity index is 943. The molecule has 0 spiro atoms. The van der Waals surface area contributed by atoms with Gasteiger partial charge in [0.2, 0.25) is 5.91 Å². The largest absolute Gasteiger partial charge is 0.274 e. The average Bonchev–Trinajstić information content (AvgIpc) is 2.88. The van der Waals surface area contributed by atoms with E-state index in [1.165, 1.54) is 12.1 Å². The van der Waals surface area contributed by atoms with E-state index in [-0.39, 0.29) is 11.3 Å². The van der Waals surface area contributed by atoms with Crippen LogP contribution in [-0.4, -0.2) is 26.3 Å². The van der Waals surface area contributed by atoms with Gasteiger partial charge in [-0.3, -0.25) is 9.59 Å². The highest BCUT2D eigenvalue weighted by Crippen LogP contribution is 2.24. The third kappa shape index (κ3) is 3.85. The van der Waals surface area contributed by atoms with E-state index in [2.05, 4.69) is 26.2 Å². The summed E-state index contributed by atoms with van der Waals surface area (Å²) < 4.78 is 25.4. The molecule has 1 aliphatic rings. The van der Waals surface area contributed by atoms with E-state index in [0.29, 0.717) is 5.69 Å². The molecule has 26 heavy (non-hydrogen) atoms. The number of hydrogen-bond donors (Lipinski definition) is 2. The highest BCUT2D eigenvalue weighted by atomic mass is 79.9. The molecule has 2 N–H and O–H groups in total. The highest BCUT2D eigenvalue weighted by molar-refractivity contribution is 9.10. The zero-order valence-electron chi connectivity index (χ0n) is 13.8. The van der Waals surface area contributed by atoms with Crippen molar-refractivity contribution in [3.05, 3.63) is 58.6 Å². The fraction of sp³-hybridized carbons (Fsp3) is 0.176. The zero-order chi connectivity index (χ0) is 18.9. The van der Waals surface area contributed by atoms with Gasteiger partial charge >= 0.3 is 0 Å². The molecule has 1 aliphatic heterocycles. The molecule has 1 saturated heterocycles. The van der Waals surface area contributed by atoms with Crippen molar-refractivity contribution in [1.29, 1.82) is 0 Å². The number of aryl methyl sites for hydroxylation is 1. The number of halogens is 1. The van der Waals surface area contributed by atoms with Gasteiger partial charge in [-0.05, 0) is 43.3 Å².